The Hall–Kier alpha value is -1.54. The van der Waals surface area contributed by atoms with E-state index >= 15 is 0 Å². The Bertz CT molecular complexity index is 354. The summed E-state index contributed by atoms with van der Waals surface area (Å²) in [6, 6.07) is 6.04. The molecule has 0 saturated carbocycles. The molecule has 4 heteroatoms. The molecule has 0 unspecified atom stereocenters. The highest BCUT2D eigenvalue weighted by atomic mass is 19.1. The quantitative estimate of drug-likeness (QED) is 0.398. The summed E-state index contributed by atoms with van der Waals surface area (Å²) < 4.78 is 12.7. The normalized spacial score (nSPS) is 14.2. The Morgan fingerprint density at radius 2 is 2.00 bits per heavy atom. The molecule has 0 bridgehead atoms. The Balaban J connectivity index is 3.12. The second-order valence-electron chi connectivity index (χ2n) is 3.32. The summed E-state index contributed by atoms with van der Waals surface area (Å²) in [7, 11) is 0. The number of halogens is 1. The molecular weight excluding hydrogens is 181 g/mol. The minimum Gasteiger partial charge on any atom is -0.207 e. The van der Waals surface area contributed by atoms with Gasteiger partial charge in [-0.1, -0.05) is 24.2 Å². The summed E-state index contributed by atoms with van der Waals surface area (Å²) >= 11 is 0. The second kappa shape index (κ2) is 4.11. The molecule has 74 valence electrons. The zero-order valence-corrected chi connectivity index (χ0v) is 8.24. The van der Waals surface area contributed by atoms with E-state index in [0.29, 0.717) is 6.42 Å². The molecule has 0 aliphatic rings. The van der Waals surface area contributed by atoms with Crippen LogP contribution >= 0.6 is 0 Å². The van der Waals surface area contributed by atoms with Crippen molar-refractivity contribution < 1.29 is 4.39 Å². The van der Waals surface area contributed by atoms with E-state index in [-0.39, 0.29) is 5.82 Å². The van der Waals surface area contributed by atoms with E-state index in [1.165, 1.54) is 12.1 Å². The van der Waals surface area contributed by atoms with Gasteiger partial charge < -0.3 is 0 Å². The smallest absolute Gasteiger partial charge is 0.123 e. The summed E-state index contributed by atoms with van der Waals surface area (Å²) in [5, 5.41) is 3.73. The van der Waals surface area contributed by atoms with Crippen LogP contribution in [0.3, 0.4) is 0 Å². The van der Waals surface area contributed by atoms with Crippen molar-refractivity contribution in [3.63, 3.8) is 0 Å². The molecule has 1 aromatic rings. The van der Waals surface area contributed by atoms with Crippen molar-refractivity contribution in [1.82, 2.24) is 0 Å². The molecule has 1 aromatic carbocycles. The van der Waals surface area contributed by atoms with Crippen molar-refractivity contribution >= 4 is 0 Å². The molecule has 0 saturated heterocycles. The van der Waals surface area contributed by atoms with Crippen LogP contribution in [0.1, 0.15) is 25.8 Å². The zero-order valence-electron chi connectivity index (χ0n) is 8.24. The van der Waals surface area contributed by atoms with E-state index in [4.69, 9.17) is 5.53 Å². The third-order valence-corrected chi connectivity index (χ3v) is 2.42. The van der Waals surface area contributed by atoms with Gasteiger partial charge in [0.2, 0.25) is 0 Å². The highest BCUT2D eigenvalue weighted by Gasteiger charge is 2.22. The Morgan fingerprint density at radius 1 is 1.43 bits per heavy atom. The Morgan fingerprint density at radius 3 is 2.43 bits per heavy atom. The summed E-state index contributed by atoms with van der Waals surface area (Å²) in [4.78, 5) is 2.81. The fraction of sp³-hybridized carbons (Fsp3) is 0.400. The van der Waals surface area contributed by atoms with Gasteiger partial charge in [0.05, 0.1) is 5.54 Å². The molecule has 0 aliphatic carbocycles. The standard InChI is InChI=1S/C10H12FN3/c1-3-10(2,13-14-12)8-4-6-9(11)7-5-8/h4-7H,3H2,1-2H3/t10-/m1/s1. The average molecular weight is 193 g/mol. The first-order valence-electron chi connectivity index (χ1n) is 4.44. The van der Waals surface area contributed by atoms with Gasteiger partial charge in [0.25, 0.3) is 0 Å². The topological polar surface area (TPSA) is 48.8 Å². The van der Waals surface area contributed by atoms with E-state index in [1.54, 1.807) is 12.1 Å². The monoisotopic (exact) mass is 193 g/mol. The van der Waals surface area contributed by atoms with Crippen LogP contribution in [0.2, 0.25) is 0 Å². The molecule has 14 heavy (non-hydrogen) atoms. The van der Waals surface area contributed by atoms with Crippen LogP contribution in [-0.4, -0.2) is 0 Å². The summed E-state index contributed by atoms with van der Waals surface area (Å²) in [6.07, 6.45) is 0.683. The number of rotatable bonds is 3. The molecule has 0 aromatic heterocycles. The van der Waals surface area contributed by atoms with E-state index < -0.39 is 5.54 Å². The molecular formula is C10H12FN3. The largest absolute Gasteiger partial charge is 0.207 e. The van der Waals surface area contributed by atoms with Crippen molar-refractivity contribution in [3.8, 4) is 0 Å². The SMILES string of the molecule is CC[C@@](C)(N=[N+]=[N-])c1ccc(F)cc1. The summed E-state index contributed by atoms with van der Waals surface area (Å²) in [6.45, 7) is 3.76. The van der Waals surface area contributed by atoms with Gasteiger partial charge in [-0.2, -0.15) is 0 Å². The Kier molecular flexibility index (Phi) is 3.10. The highest BCUT2D eigenvalue weighted by molar-refractivity contribution is 5.24. The van der Waals surface area contributed by atoms with Crippen LogP contribution in [-0.2, 0) is 5.54 Å². The van der Waals surface area contributed by atoms with Crippen LogP contribution in [0, 0.1) is 5.82 Å². The molecule has 1 atom stereocenters. The van der Waals surface area contributed by atoms with E-state index in [1.807, 2.05) is 13.8 Å². The molecule has 0 radical (unpaired) electrons. The molecule has 3 nitrogen and oxygen atoms in total. The lowest BCUT2D eigenvalue weighted by Gasteiger charge is -2.22. The van der Waals surface area contributed by atoms with Gasteiger partial charge in [-0.3, -0.25) is 0 Å². The minimum absolute atomic E-state index is 0.284. The van der Waals surface area contributed by atoms with E-state index in [2.05, 4.69) is 10.0 Å². The first-order chi connectivity index (χ1) is 6.62. The van der Waals surface area contributed by atoms with Gasteiger partial charge >= 0.3 is 0 Å². The number of hydrogen-bond acceptors (Lipinski definition) is 1. The Labute approximate surface area is 82.2 Å². The minimum atomic E-state index is -0.581. The lowest BCUT2D eigenvalue weighted by atomic mass is 9.90. The van der Waals surface area contributed by atoms with Gasteiger partial charge in [0, 0.05) is 4.91 Å². The van der Waals surface area contributed by atoms with Crippen molar-refractivity contribution in [2.75, 3.05) is 0 Å². The molecule has 0 heterocycles. The van der Waals surface area contributed by atoms with Crippen LogP contribution in [0.15, 0.2) is 29.4 Å². The van der Waals surface area contributed by atoms with Crippen LogP contribution in [0.5, 0.6) is 0 Å². The summed E-state index contributed by atoms with van der Waals surface area (Å²) in [5.74, 6) is -0.284. The average Bonchev–Trinajstić information content (AvgIpc) is 2.19. The van der Waals surface area contributed by atoms with E-state index in [9.17, 15) is 4.39 Å². The maximum Gasteiger partial charge on any atom is 0.123 e. The van der Waals surface area contributed by atoms with Crippen LogP contribution < -0.4 is 0 Å². The van der Waals surface area contributed by atoms with Gasteiger partial charge in [-0.15, -0.1) is 0 Å². The second-order valence-corrected chi connectivity index (χ2v) is 3.32. The molecule has 0 fully saturated rings. The predicted octanol–water partition coefficient (Wildman–Crippen LogP) is 3.76. The third kappa shape index (κ3) is 2.03. The van der Waals surface area contributed by atoms with Crippen molar-refractivity contribution in [2.45, 2.75) is 25.8 Å². The lowest BCUT2D eigenvalue weighted by Crippen LogP contribution is -2.16. The molecule has 1 rings (SSSR count). The van der Waals surface area contributed by atoms with Crippen LogP contribution in [0.25, 0.3) is 10.4 Å². The zero-order chi connectivity index (χ0) is 10.6. The lowest BCUT2D eigenvalue weighted by molar-refractivity contribution is 0.472. The first-order valence-corrected chi connectivity index (χ1v) is 4.44. The maximum atomic E-state index is 12.7. The van der Waals surface area contributed by atoms with Gasteiger partial charge in [-0.25, -0.2) is 4.39 Å². The van der Waals surface area contributed by atoms with Crippen molar-refractivity contribution in [2.24, 2.45) is 5.11 Å². The predicted molar refractivity (Wildman–Crippen MR) is 53.2 cm³/mol. The number of benzene rings is 1. The maximum absolute atomic E-state index is 12.7. The van der Waals surface area contributed by atoms with Gasteiger partial charge in [0.1, 0.15) is 5.82 Å². The first kappa shape index (κ1) is 10.5. The fourth-order valence-electron chi connectivity index (χ4n) is 1.24. The van der Waals surface area contributed by atoms with E-state index in [0.717, 1.165) is 5.56 Å². The number of hydrogen-bond donors (Lipinski definition) is 0. The molecule has 0 spiro atoms. The number of azide groups is 1. The van der Waals surface area contributed by atoms with Crippen molar-refractivity contribution in [3.05, 3.63) is 46.1 Å². The molecule has 0 N–H and O–H groups in total. The number of nitrogens with zero attached hydrogens (tertiary/aromatic N) is 3. The van der Waals surface area contributed by atoms with Gasteiger partial charge in [-0.05, 0) is 36.6 Å². The molecule has 0 aliphatic heterocycles. The highest BCUT2D eigenvalue weighted by Crippen LogP contribution is 2.29. The summed E-state index contributed by atoms with van der Waals surface area (Å²) in [5.41, 5.74) is 8.68. The fourth-order valence-corrected chi connectivity index (χ4v) is 1.24. The van der Waals surface area contributed by atoms with Gasteiger partial charge in [0.15, 0.2) is 0 Å². The van der Waals surface area contributed by atoms with Crippen molar-refractivity contribution in [1.29, 1.82) is 0 Å². The third-order valence-electron chi connectivity index (χ3n) is 2.42. The van der Waals surface area contributed by atoms with Crippen LogP contribution in [0.4, 0.5) is 4.39 Å². The molecule has 0 amide bonds.